The molecule has 0 radical (unpaired) electrons. The molecule has 0 unspecified atom stereocenters. The Kier molecular flexibility index (Phi) is 4.93. The van der Waals surface area contributed by atoms with Crippen molar-refractivity contribution < 1.29 is 5.11 Å². The first-order valence-corrected chi connectivity index (χ1v) is 10.1. The van der Waals surface area contributed by atoms with E-state index in [0.29, 0.717) is 0 Å². The number of likely N-dealkylation sites (N-methyl/N-ethyl adjacent to an activating group) is 1. The van der Waals surface area contributed by atoms with E-state index in [1.54, 1.807) is 15.9 Å². The van der Waals surface area contributed by atoms with Gasteiger partial charge in [-0.25, -0.2) is 4.98 Å². The summed E-state index contributed by atoms with van der Waals surface area (Å²) in [5, 5.41) is 15.3. The van der Waals surface area contributed by atoms with Crippen LogP contribution in [0, 0.1) is 0 Å². The molecule has 6 nitrogen and oxygen atoms in total. The molecule has 0 amide bonds. The zero-order valence-electron chi connectivity index (χ0n) is 15.3. The number of thiazole rings is 1. The standard InChI is InChI=1S/C19H25N5OS/c1-3-15-20-19-24(21-15)18(25)17(26-19)16(14-8-6-5-7-9-14)23-12-10-22(4-2)11-13-23/h5-9,16,25H,3-4,10-13H2,1-2H3/t16-/m0/s1. The van der Waals surface area contributed by atoms with Crippen molar-refractivity contribution in [1.29, 1.82) is 0 Å². The van der Waals surface area contributed by atoms with E-state index in [2.05, 4.69) is 51.1 Å². The molecule has 7 heteroatoms. The first kappa shape index (κ1) is 17.5. The number of nitrogens with zero attached hydrogens (tertiary/aromatic N) is 5. The summed E-state index contributed by atoms with van der Waals surface area (Å²) < 4.78 is 1.59. The molecule has 0 bridgehead atoms. The van der Waals surface area contributed by atoms with Gasteiger partial charge in [-0.3, -0.25) is 4.90 Å². The topological polar surface area (TPSA) is 56.9 Å². The molecule has 1 aliphatic heterocycles. The Morgan fingerprint density at radius 3 is 2.46 bits per heavy atom. The number of aryl methyl sites for hydroxylation is 1. The van der Waals surface area contributed by atoms with Gasteiger partial charge in [-0.05, 0) is 12.1 Å². The van der Waals surface area contributed by atoms with E-state index < -0.39 is 0 Å². The van der Waals surface area contributed by atoms with Crippen LogP contribution in [-0.4, -0.2) is 62.2 Å². The average Bonchev–Trinajstić information content (AvgIpc) is 3.23. The van der Waals surface area contributed by atoms with Crippen molar-refractivity contribution >= 4 is 16.3 Å². The molecule has 1 atom stereocenters. The number of aromatic nitrogens is 3. The van der Waals surface area contributed by atoms with Crippen LogP contribution in [0.15, 0.2) is 30.3 Å². The summed E-state index contributed by atoms with van der Waals surface area (Å²) in [6.45, 7) is 9.41. The van der Waals surface area contributed by atoms with Gasteiger partial charge in [-0.2, -0.15) is 4.52 Å². The largest absolute Gasteiger partial charge is 0.492 e. The third-order valence-corrected chi connectivity index (χ3v) is 6.22. The molecule has 0 spiro atoms. The Morgan fingerprint density at radius 1 is 1.12 bits per heavy atom. The normalized spacial score (nSPS) is 17.8. The number of fused-ring (bicyclic) bond motifs is 1. The van der Waals surface area contributed by atoms with Crippen LogP contribution in [0.5, 0.6) is 5.88 Å². The molecule has 3 heterocycles. The Hall–Kier alpha value is -1.96. The van der Waals surface area contributed by atoms with Gasteiger partial charge in [0.25, 0.3) is 0 Å². The highest BCUT2D eigenvalue weighted by atomic mass is 32.1. The van der Waals surface area contributed by atoms with Crippen LogP contribution in [0.2, 0.25) is 0 Å². The predicted octanol–water partition coefficient (Wildman–Crippen LogP) is 2.79. The van der Waals surface area contributed by atoms with E-state index >= 15 is 0 Å². The van der Waals surface area contributed by atoms with E-state index in [4.69, 9.17) is 0 Å². The van der Waals surface area contributed by atoms with E-state index in [9.17, 15) is 5.11 Å². The quantitative estimate of drug-likeness (QED) is 0.747. The van der Waals surface area contributed by atoms with Crippen molar-refractivity contribution in [2.24, 2.45) is 0 Å². The number of hydrogen-bond acceptors (Lipinski definition) is 6. The molecule has 4 rings (SSSR count). The molecule has 26 heavy (non-hydrogen) atoms. The first-order chi connectivity index (χ1) is 12.7. The second-order valence-electron chi connectivity index (χ2n) is 6.65. The van der Waals surface area contributed by atoms with Crippen molar-refractivity contribution in [1.82, 2.24) is 24.4 Å². The van der Waals surface area contributed by atoms with Crippen molar-refractivity contribution in [3.8, 4) is 5.88 Å². The van der Waals surface area contributed by atoms with E-state index in [1.807, 2.05) is 13.0 Å². The van der Waals surface area contributed by atoms with Gasteiger partial charge in [0, 0.05) is 32.6 Å². The van der Waals surface area contributed by atoms with Gasteiger partial charge in [0.05, 0.1) is 10.9 Å². The van der Waals surface area contributed by atoms with Gasteiger partial charge < -0.3 is 10.0 Å². The Bertz CT molecular complexity index is 867. The van der Waals surface area contributed by atoms with E-state index in [1.165, 1.54) is 5.56 Å². The average molecular weight is 372 g/mol. The minimum atomic E-state index is 0.0359. The van der Waals surface area contributed by atoms with Gasteiger partial charge in [0.1, 0.15) is 0 Å². The van der Waals surface area contributed by atoms with Crippen LogP contribution >= 0.6 is 11.3 Å². The summed E-state index contributed by atoms with van der Waals surface area (Å²) in [6, 6.07) is 10.5. The molecule has 1 N–H and O–H groups in total. The Morgan fingerprint density at radius 2 is 1.85 bits per heavy atom. The van der Waals surface area contributed by atoms with Crippen LogP contribution in [0.1, 0.15) is 36.2 Å². The lowest BCUT2D eigenvalue weighted by Gasteiger charge is -2.38. The van der Waals surface area contributed by atoms with Crippen molar-refractivity contribution in [2.45, 2.75) is 26.3 Å². The number of piperazine rings is 1. The van der Waals surface area contributed by atoms with Crippen LogP contribution in [0.25, 0.3) is 4.96 Å². The maximum absolute atomic E-state index is 10.9. The molecule has 138 valence electrons. The van der Waals surface area contributed by atoms with E-state index in [0.717, 1.165) is 54.8 Å². The van der Waals surface area contributed by atoms with Crippen LogP contribution < -0.4 is 0 Å². The van der Waals surface area contributed by atoms with Crippen molar-refractivity contribution in [3.05, 3.63) is 46.6 Å². The second kappa shape index (κ2) is 7.34. The molecule has 3 aromatic rings. The van der Waals surface area contributed by atoms with Crippen LogP contribution in [-0.2, 0) is 6.42 Å². The fourth-order valence-corrected chi connectivity index (χ4v) is 4.76. The maximum atomic E-state index is 10.9. The molecular formula is C19H25N5OS. The number of hydrogen-bond donors (Lipinski definition) is 1. The zero-order chi connectivity index (χ0) is 18.1. The summed E-state index contributed by atoms with van der Waals surface area (Å²) >= 11 is 1.55. The zero-order valence-corrected chi connectivity index (χ0v) is 16.1. The third-order valence-electron chi connectivity index (χ3n) is 5.14. The third kappa shape index (κ3) is 3.11. The number of aromatic hydroxyl groups is 1. The molecule has 1 aromatic carbocycles. The summed E-state index contributed by atoms with van der Waals surface area (Å²) in [6.07, 6.45) is 0.768. The lowest BCUT2D eigenvalue weighted by Crippen LogP contribution is -2.47. The van der Waals surface area contributed by atoms with E-state index in [-0.39, 0.29) is 11.9 Å². The lowest BCUT2D eigenvalue weighted by molar-refractivity contribution is 0.113. The smallest absolute Gasteiger partial charge is 0.230 e. The Balaban J connectivity index is 1.74. The lowest BCUT2D eigenvalue weighted by atomic mass is 10.0. The maximum Gasteiger partial charge on any atom is 0.230 e. The molecule has 2 aromatic heterocycles. The van der Waals surface area contributed by atoms with Gasteiger partial charge >= 0.3 is 0 Å². The monoisotopic (exact) mass is 371 g/mol. The molecule has 1 fully saturated rings. The second-order valence-corrected chi connectivity index (χ2v) is 7.66. The fourth-order valence-electron chi connectivity index (χ4n) is 3.62. The van der Waals surface area contributed by atoms with Gasteiger partial charge in [-0.15, -0.1) is 5.10 Å². The predicted molar refractivity (Wildman–Crippen MR) is 104 cm³/mol. The van der Waals surface area contributed by atoms with Crippen LogP contribution in [0.4, 0.5) is 0 Å². The Labute approximate surface area is 157 Å². The molecule has 0 aliphatic carbocycles. The highest BCUT2D eigenvalue weighted by molar-refractivity contribution is 7.17. The van der Waals surface area contributed by atoms with Gasteiger partial charge in [-0.1, -0.05) is 55.5 Å². The fraction of sp³-hybridized carbons (Fsp3) is 0.474. The molecule has 1 saturated heterocycles. The molecular weight excluding hydrogens is 346 g/mol. The summed E-state index contributed by atoms with van der Waals surface area (Å²) in [5.41, 5.74) is 1.20. The minimum Gasteiger partial charge on any atom is -0.492 e. The minimum absolute atomic E-state index is 0.0359. The number of benzene rings is 1. The molecule has 0 saturated carbocycles. The first-order valence-electron chi connectivity index (χ1n) is 9.30. The van der Waals surface area contributed by atoms with Crippen molar-refractivity contribution in [2.75, 3.05) is 32.7 Å². The van der Waals surface area contributed by atoms with Gasteiger partial charge in [0.15, 0.2) is 5.82 Å². The SMILES string of the molecule is CCc1nc2sc([C@H](c3ccccc3)N3CCN(CC)CC3)c(O)n2n1. The summed E-state index contributed by atoms with van der Waals surface area (Å²) in [5.74, 6) is 0.995. The molecule has 1 aliphatic rings. The number of rotatable bonds is 5. The van der Waals surface area contributed by atoms with Crippen molar-refractivity contribution in [3.63, 3.8) is 0 Å². The summed E-state index contributed by atoms with van der Waals surface area (Å²) in [7, 11) is 0. The highest BCUT2D eigenvalue weighted by Crippen LogP contribution is 2.40. The summed E-state index contributed by atoms with van der Waals surface area (Å²) in [4.78, 5) is 11.2. The highest BCUT2D eigenvalue weighted by Gasteiger charge is 2.31. The van der Waals surface area contributed by atoms with Gasteiger partial charge in [0.2, 0.25) is 10.8 Å². The van der Waals surface area contributed by atoms with Crippen LogP contribution in [0.3, 0.4) is 0 Å².